The largest absolute Gasteiger partial charge is 0.360 e. The Hall–Kier alpha value is -2.32. The molecular formula is C26H36N4O3S. The minimum atomic E-state index is -1.07. The van der Waals surface area contributed by atoms with E-state index in [1.54, 1.807) is 0 Å². The summed E-state index contributed by atoms with van der Waals surface area (Å²) in [6.07, 6.45) is 11.1. The van der Waals surface area contributed by atoms with Crippen molar-refractivity contribution in [2.45, 2.75) is 75.0 Å². The molecular weight excluding hydrogens is 448 g/mol. The third kappa shape index (κ3) is 3.75. The quantitative estimate of drug-likeness (QED) is 0.607. The van der Waals surface area contributed by atoms with Crippen LogP contribution >= 0.6 is 10.0 Å². The first-order valence-corrected chi connectivity index (χ1v) is 15.0. The number of hydrogen-bond acceptors (Lipinski definition) is 4. The number of fused-ring (bicyclic) bond motifs is 1. The molecule has 0 unspecified atom stereocenters. The van der Waals surface area contributed by atoms with E-state index in [1.807, 2.05) is 49.1 Å². The van der Waals surface area contributed by atoms with Gasteiger partial charge in [-0.25, -0.2) is 10.0 Å². The molecule has 2 saturated carbocycles. The summed E-state index contributed by atoms with van der Waals surface area (Å²) in [6.45, 7) is 4.43. The normalized spacial score (nSPS) is 22.0. The summed E-state index contributed by atoms with van der Waals surface area (Å²) in [5.74, 6) is 0.564. The van der Waals surface area contributed by atoms with E-state index in [4.69, 9.17) is 4.74 Å². The Bertz CT molecular complexity index is 1100. The average Bonchev–Trinajstić information content (AvgIpc) is 3.40. The van der Waals surface area contributed by atoms with E-state index in [9.17, 15) is 9.59 Å². The minimum absolute atomic E-state index is 0.0559. The Morgan fingerprint density at radius 1 is 1.18 bits per heavy atom. The number of benzene rings is 1. The Morgan fingerprint density at radius 2 is 1.85 bits per heavy atom. The minimum Gasteiger partial charge on any atom is -0.360 e. The number of H-pyrrole nitrogens is 1. The lowest BCUT2D eigenvalue weighted by molar-refractivity contribution is -0.151. The standard InChI is InChI=1S/C26H36N4O3S/c1-25(2)21-19(22(29-28-21)27-24(32)26(14-9-15-26)34(3,4)5)16-30(25)23(31)20(33-18-12-13-18)17-10-7-6-8-11-17/h6-8,10-11,18,20H,9,12-16H2,1-5H3,(H2,27,28,29,32)/t20-/m1/s1. The molecule has 2 aliphatic carbocycles. The Morgan fingerprint density at radius 3 is 2.41 bits per heavy atom. The van der Waals surface area contributed by atoms with Crippen LogP contribution < -0.4 is 5.32 Å². The summed E-state index contributed by atoms with van der Waals surface area (Å²) in [5, 5.41) is 10.7. The van der Waals surface area contributed by atoms with Crippen LogP contribution in [0, 0.1) is 0 Å². The predicted octanol–water partition coefficient (Wildman–Crippen LogP) is 4.46. The maximum absolute atomic E-state index is 13.9. The summed E-state index contributed by atoms with van der Waals surface area (Å²) in [6, 6.07) is 9.73. The second-order valence-electron chi connectivity index (χ2n) is 11.2. The molecule has 1 atom stereocenters. The number of rotatable bonds is 7. The van der Waals surface area contributed by atoms with Gasteiger partial charge >= 0.3 is 0 Å². The van der Waals surface area contributed by atoms with Crippen LogP contribution in [-0.4, -0.2) is 56.5 Å². The van der Waals surface area contributed by atoms with Gasteiger partial charge in [-0.1, -0.05) is 30.3 Å². The van der Waals surface area contributed by atoms with E-state index >= 15 is 0 Å². The number of aromatic amines is 1. The SMILES string of the molecule is CC1(C)c2[nH]nc(NC(=O)C3(S(C)(C)C)CCC3)c2CN1C(=O)[C@H](OC1CC1)c1ccccc1. The van der Waals surface area contributed by atoms with Crippen LogP contribution in [-0.2, 0) is 26.4 Å². The molecule has 2 amide bonds. The molecule has 3 aliphatic rings. The molecule has 2 fully saturated rings. The van der Waals surface area contributed by atoms with Gasteiger partial charge in [0, 0.05) is 5.56 Å². The number of carbonyl (C=O) groups excluding carboxylic acids is 2. The van der Waals surface area contributed by atoms with Gasteiger partial charge in [0.2, 0.25) is 5.91 Å². The summed E-state index contributed by atoms with van der Waals surface area (Å²) in [7, 11) is -1.07. The molecule has 0 bridgehead atoms. The van der Waals surface area contributed by atoms with Crippen molar-refractivity contribution in [2.24, 2.45) is 0 Å². The van der Waals surface area contributed by atoms with Crippen molar-refractivity contribution < 1.29 is 14.3 Å². The van der Waals surface area contributed by atoms with E-state index in [-0.39, 0.29) is 22.7 Å². The second kappa shape index (κ2) is 8.12. The highest BCUT2D eigenvalue weighted by molar-refractivity contribution is 8.33. The first-order valence-electron chi connectivity index (χ1n) is 12.1. The molecule has 0 radical (unpaired) electrons. The van der Waals surface area contributed by atoms with E-state index in [2.05, 4.69) is 34.3 Å². The highest BCUT2D eigenvalue weighted by Gasteiger charge is 2.52. The summed E-state index contributed by atoms with van der Waals surface area (Å²) in [4.78, 5) is 29.1. The van der Waals surface area contributed by atoms with Crippen LogP contribution in [0.2, 0.25) is 0 Å². The van der Waals surface area contributed by atoms with Crippen molar-refractivity contribution in [3.63, 3.8) is 0 Å². The predicted molar refractivity (Wildman–Crippen MR) is 136 cm³/mol. The molecule has 34 heavy (non-hydrogen) atoms. The van der Waals surface area contributed by atoms with Gasteiger partial charge in [-0.2, -0.15) is 5.10 Å². The third-order valence-electron chi connectivity index (χ3n) is 7.89. The molecule has 2 aromatic rings. The van der Waals surface area contributed by atoms with Gasteiger partial charge < -0.3 is 15.0 Å². The summed E-state index contributed by atoms with van der Waals surface area (Å²) in [5.41, 5.74) is 2.05. The number of nitrogens with zero attached hydrogens (tertiary/aromatic N) is 2. The van der Waals surface area contributed by atoms with E-state index in [1.165, 1.54) is 0 Å². The fraction of sp³-hybridized carbons (Fsp3) is 0.577. The zero-order chi connectivity index (χ0) is 24.3. The molecule has 0 spiro atoms. The zero-order valence-electron chi connectivity index (χ0n) is 20.8. The van der Waals surface area contributed by atoms with Crippen LogP contribution in [0.5, 0.6) is 0 Å². The first-order chi connectivity index (χ1) is 16.0. The zero-order valence-corrected chi connectivity index (χ0v) is 21.6. The lowest BCUT2D eigenvalue weighted by Gasteiger charge is -2.53. The highest BCUT2D eigenvalue weighted by atomic mass is 32.3. The van der Waals surface area contributed by atoms with Gasteiger partial charge in [0.1, 0.15) is 0 Å². The molecule has 1 aromatic heterocycles. The number of carbonyl (C=O) groups is 2. The molecule has 8 heteroatoms. The fourth-order valence-corrected chi connectivity index (χ4v) is 7.38. The van der Waals surface area contributed by atoms with E-state index < -0.39 is 21.7 Å². The smallest absolute Gasteiger partial charge is 0.257 e. The maximum atomic E-state index is 13.9. The van der Waals surface area contributed by atoms with Gasteiger partial charge in [-0.15, -0.1) is 0 Å². The fourth-order valence-electron chi connectivity index (χ4n) is 5.25. The van der Waals surface area contributed by atoms with Gasteiger partial charge in [0.25, 0.3) is 5.91 Å². The third-order valence-corrected chi connectivity index (χ3v) is 10.8. The van der Waals surface area contributed by atoms with Crippen molar-refractivity contribution >= 4 is 27.7 Å². The monoisotopic (exact) mass is 484 g/mol. The average molecular weight is 485 g/mol. The number of amides is 2. The van der Waals surface area contributed by atoms with Gasteiger partial charge in [0.05, 0.1) is 28.6 Å². The molecule has 7 nitrogen and oxygen atoms in total. The lowest BCUT2D eigenvalue weighted by Crippen LogP contribution is -2.51. The van der Waals surface area contributed by atoms with Crippen molar-refractivity contribution in [1.29, 1.82) is 0 Å². The van der Waals surface area contributed by atoms with Gasteiger partial charge in [-0.05, 0) is 70.3 Å². The number of aromatic nitrogens is 2. The second-order valence-corrected chi connectivity index (χ2v) is 15.6. The van der Waals surface area contributed by atoms with Crippen LogP contribution in [0.25, 0.3) is 0 Å². The Balaban J connectivity index is 1.40. The van der Waals surface area contributed by atoms with Crippen LogP contribution in [0.1, 0.15) is 68.9 Å². The lowest BCUT2D eigenvalue weighted by atomic mass is 9.83. The number of nitrogens with one attached hydrogen (secondary N) is 2. The van der Waals surface area contributed by atoms with Crippen molar-refractivity contribution in [3.8, 4) is 0 Å². The number of hydrogen-bond donors (Lipinski definition) is 2. The van der Waals surface area contributed by atoms with E-state index in [0.717, 1.165) is 48.9 Å². The molecule has 5 rings (SSSR count). The van der Waals surface area contributed by atoms with Gasteiger partial charge in [-0.3, -0.25) is 14.7 Å². The highest BCUT2D eigenvalue weighted by Crippen LogP contribution is 2.60. The Labute approximate surface area is 203 Å². The Kier molecular flexibility index (Phi) is 5.60. The van der Waals surface area contributed by atoms with Gasteiger partial charge in [0.15, 0.2) is 11.9 Å². The van der Waals surface area contributed by atoms with Crippen molar-refractivity contribution in [1.82, 2.24) is 15.1 Å². The van der Waals surface area contributed by atoms with Crippen LogP contribution in [0.3, 0.4) is 0 Å². The number of anilines is 1. The molecule has 2 N–H and O–H groups in total. The summed E-state index contributed by atoms with van der Waals surface area (Å²) < 4.78 is 5.91. The number of ether oxygens (including phenoxy) is 1. The molecule has 184 valence electrons. The topological polar surface area (TPSA) is 87.3 Å². The summed E-state index contributed by atoms with van der Waals surface area (Å²) >= 11 is 0. The molecule has 0 saturated heterocycles. The van der Waals surface area contributed by atoms with Crippen molar-refractivity contribution in [2.75, 3.05) is 24.1 Å². The van der Waals surface area contributed by atoms with Crippen LogP contribution in [0.4, 0.5) is 5.82 Å². The van der Waals surface area contributed by atoms with Crippen LogP contribution in [0.15, 0.2) is 30.3 Å². The van der Waals surface area contributed by atoms with E-state index in [0.29, 0.717) is 12.4 Å². The van der Waals surface area contributed by atoms with Crippen molar-refractivity contribution in [3.05, 3.63) is 47.2 Å². The maximum Gasteiger partial charge on any atom is 0.257 e. The molecule has 2 heterocycles. The first kappa shape index (κ1) is 23.4. The molecule has 1 aromatic carbocycles. The molecule has 1 aliphatic heterocycles.